The zero-order valence-electron chi connectivity index (χ0n) is 12.8. The highest BCUT2D eigenvalue weighted by Gasteiger charge is 2.17. The number of carbonyl (C=O) groups is 2. The molecule has 0 unspecified atom stereocenters. The molecule has 138 valence electrons. The Morgan fingerprint density at radius 3 is 2.12 bits per heavy atom. The number of ether oxygens (including phenoxy) is 2. The maximum Gasteiger partial charge on any atom is 0.344 e. The van der Waals surface area contributed by atoms with Crippen molar-refractivity contribution in [3.8, 4) is 5.75 Å². The number of para-hydroxylation sites is 1. The van der Waals surface area contributed by atoms with E-state index >= 15 is 0 Å². The first-order valence-corrected chi connectivity index (χ1v) is 8.84. The Balaban J connectivity index is 1.87. The fraction of sp³-hybridized carbons (Fsp3) is 0.125. The maximum atomic E-state index is 11.9. The molecule has 0 bridgehead atoms. The smallest absolute Gasteiger partial charge is 0.344 e. The van der Waals surface area contributed by atoms with Gasteiger partial charge in [-0.2, -0.15) is 0 Å². The van der Waals surface area contributed by atoms with E-state index in [2.05, 4.69) is 5.32 Å². The average molecular weight is 458 g/mol. The Morgan fingerprint density at radius 1 is 0.885 bits per heavy atom. The predicted octanol–water partition coefficient (Wildman–Crippen LogP) is 5.51. The van der Waals surface area contributed by atoms with E-state index in [1.807, 2.05) is 0 Å². The molecule has 0 aliphatic heterocycles. The number of esters is 1. The van der Waals surface area contributed by atoms with Crippen molar-refractivity contribution < 1.29 is 19.1 Å². The number of nitrogens with one attached hydrogen (secondary N) is 1. The van der Waals surface area contributed by atoms with Crippen LogP contribution in [0.25, 0.3) is 0 Å². The third-order valence-electron chi connectivity index (χ3n) is 2.92. The van der Waals surface area contributed by atoms with Gasteiger partial charge in [-0.1, -0.05) is 70.1 Å². The number of halogens is 5. The second-order valence-electron chi connectivity index (χ2n) is 4.77. The lowest BCUT2D eigenvalue weighted by Crippen LogP contribution is -2.24. The minimum atomic E-state index is -0.763. The second kappa shape index (κ2) is 9.53. The summed E-state index contributed by atoms with van der Waals surface area (Å²) in [4.78, 5) is 23.6. The fourth-order valence-corrected chi connectivity index (χ4v) is 2.84. The quantitative estimate of drug-likeness (QED) is 0.459. The Hall–Kier alpha value is -1.37. The van der Waals surface area contributed by atoms with Gasteiger partial charge in [0.15, 0.2) is 13.2 Å². The molecule has 0 heterocycles. The van der Waals surface area contributed by atoms with Crippen molar-refractivity contribution in [2.45, 2.75) is 0 Å². The summed E-state index contributed by atoms with van der Waals surface area (Å²) in [6.45, 7) is -0.997. The van der Waals surface area contributed by atoms with Crippen LogP contribution in [0.15, 0.2) is 30.3 Å². The molecule has 0 fully saturated rings. The average Bonchev–Trinajstić information content (AvgIpc) is 2.61. The molecule has 26 heavy (non-hydrogen) atoms. The van der Waals surface area contributed by atoms with Crippen LogP contribution in [-0.2, 0) is 14.3 Å². The molecule has 0 saturated carbocycles. The lowest BCUT2D eigenvalue weighted by Gasteiger charge is -2.12. The summed E-state index contributed by atoms with van der Waals surface area (Å²) in [5, 5.41) is 2.99. The van der Waals surface area contributed by atoms with Gasteiger partial charge in [0.1, 0.15) is 5.75 Å². The van der Waals surface area contributed by atoms with E-state index < -0.39 is 25.1 Å². The third-order valence-corrected chi connectivity index (χ3v) is 4.81. The number of amides is 1. The molecule has 1 amide bonds. The predicted molar refractivity (Wildman–Crippen MR) is 103 cm³/mol. The van der Waals surface area contributed by atoms with Crippen molar-refractivity contribution >= 4 is 75.6 Å². The summed E-state index contributed by atoms with van der Waals surface area (Å²) in [6, 6.07) is 7.96. The molecule has 0 radical (unpaired) electrons. The minimum Gasteiger partial charge on any atom is -0.480 e. The van der Waals surface area contributed by atoms with E-state index in [4.69, 9.17) is 67.5 Å². The van der Waals surface area contributed by atoms with Gasteiger partial charge in [0, 0.05) is 0 Å². The summed E-state index contributed by atoms with van der Waals surface area (Å²) >= 11 is 29.6. The topological polar surface area (TPSA) is 64.6 Å². The third kappa shape index (κ3) is 5.56. The van der Waals surface area contributed by atoms with Gasteiger partial charge >= 0.3 is 5.97 Å². The number of carbonyl (C=O) groups excluding carboxylic acids is 2. The summed E-state index contributed by atoms with van der Waals surface area (Å²) in [7, 11) is 0. The molecule has 5 nitrogen and oxygen atoms in total. The number of hydrogen-bond donors (Lipinski definition) is 1. The largest absolute Gasteiger partial charge is 0.480 e. The standard InChI is InChI=1S/C16H10Cl5NO4/c17-8-3-1-2-4-11(8)25-7-13(24)26-6-12(23)22-16-14(20)9(18)5-10(19)15(16)21/h1-5H,6-7H2,(H,22,23). The molecule has 0 spiro atoms. The molecule has 2 rings (SSSR count). The van der Waals surface area contributed by atoms with Crippen LogP contribution < -0.4 is 10.1 Å². The summed E-state index contributed by atoms with van der Waals surface area (Å²) < 4.78 is 10.0. The molecule has 0 saturated heterocycles. The van der Waals surface area contributed by atoms with Crippen LogP contribution >= 0.6 is 58.0 Å². The van der Waals surface area contributed by atoms with E-state index in [1.165, 1.54) is 6.07 Å². The van der Waals surface area contributed by atoms with Crippen LogP contribution in [0, 0.1) is 0 Å². The molecular formula is C16H10Cl5NO4. The van der Waals surface area contributed by atoms with Gasteiger partial charge in [-0.3, -0.25) is 4.79 Å². The molecular weight excluding hydrogens is 447 g/mol. The number of rotatable bonds is 6. The molecule has 2 aromatic carbocycles. The van der Waals surface area contributed by atoms with Crippen LogP contribution in [0.3, 0.4) is 0 Å². The second-order valence-corrected chi connectivity index (χ2v) is 6.75. The molecule has 0 aliphatic carbocycles. The molecule has 0 atom stereocenters. The molecule has 0 aromatic heterocycles. The number of anilines is 1. The van der Waals surface area contributed by atoms with Crippen LogP contribution in [0.5, 0.6) is 5.75 Å². The van der Waals surface area contributed by atoms with Gasteiger partial charge in [-0.05, 0) is 18.2 Å². The van der Waals surface area contributed by atoms with Crippen molar-refractivity contribution in [3.63, 3.8) is 0 Å². The van der Waals surface area contributed by atoms with Crippen LogP contribution in [0.1, 0.15) is 0 Å². The van der Waals surface area contributed by atoms with Crippen molar-refractivity contribution in [2.75, 3.05) is 18.5 Å². The van der Waals surface area contributed by atoms with Crippen molar-refractivity contribution in [1.29, 1.82) is 0 Å². The zero-order valence-corrected chi connectivity index (χ0v) is 16.6. The first-order chi connectivity index (χ1) is 12.3. The van der Waals surface area contributed by atoms with Crippen LogP contribution in [-0.4, -0.2) is 25.1 Å². The molecule has 2 aromatic rings. The Labute approximate surface area is 174 Å². The maximum absolute atomic E-state index is 11.9. The highest BCUT2D eigenvalue weighted by molar-refractivity contribution is 6.50. The van der Waals surface area contributed by atoms with Gasteiger partial charge in [-0.15, -0.1) is 0 Å². The SMILES string of the molecule is O=C(COC(=O)COc1ccccc1Cl)Nc1c(Cl)c(Cl)cc(Cl)c1Cl. The Morgan fingerprint density at radius 2 is 1.50 bits per heavy atom. The van der Waals surface area contributed by atoms with Crippen LogP contribution in [0.2, 0.25) is 25.1 Å². The van der Waals surface area contributed by atoms with Gasteiger partial charge < -0.3 is 14.8 Å². The number of hydrogen-bond acceptors (Lipinski definition) is 4. The van der Waals surface area contributed by atoms with Gasteiger partial charge in [-0.25, -0.2) is 4.79 Å². The summed E-state index contributed by atoms with van der Waals surface area (Å²) in [5.74, 6) is -1.12. The number of benzene rings is 2. The first-order valence-electron chi connectivity index (χ1n) is 6.95. The van der Waals surface area contributed by atoms with Crippen molar-refractivity contribution in [2.24, 2.45) is 0 Å². The van der Waals surface area contributed by atoms with Crippen molar-refractivity contribution in [3.05, 3.63) is 55.4 Å². The Kier molecular flexibility index (Phi) is 7.68. The first kappa shape index (κ1) is 20.9. The highest BCUT2D eigenvalue weighted by Crippen LogP contribution is 2.40. The normalized spacial score (nSPS) is 10.3. The highest BCUT2D eigenvalue weighted by atomic mass is 35.5. The van der Waals surface area contributed by atoms with E-state index in [9.17, 15) is 9.59 Å². The van der Waals surface area contributed by atoms with E-state index in [1.54, 1.807) is 24.3 Å². The lowest BCUT2D eigenvalue weighted by atomic mass is 10.3. The molecule has 0 aliphatic rings. The van der Waals surface area contributed by atoms with E-state index in [-0.39, 0.29) is 25.8 Å². The molecule has 10 heteroatoms. The summed E-state index contributed by atoms with van der Waals surface area (Å²) in [6.07, 6.45) is 0. The Bertz CT molecular complexity index is 817. The zero-order chi connectivity index (χ0) is 19.3. The minimum absolute atomic E-state index is 0.0165. The van der Waals surface area contributed by atoms with Crippen molar-refractivity contribution in [1.82, 2.24) is 0 Å². The van der Waals surface area contributed by atoms with E-state index in [0.29, 0.717) is 10.8 Å². The van der Waals surface area contributed by atoms with Gasteiger partial charge in [0.05, 0.1) is 30.8 Å². The monoisotopic (exact) mass is 455 g/mol. The van der Waals surface area contributed by atoms with Crippen LogP contribution in [0.4, 0.5) is 5.69 Å². The van der Waals surface area contributed by atoms with Gasteiger partial charge in [0.2, 0.25) is 0 Å². The van der Waals surface area contributed by atoms with Gasteiger partial charge in [0.25, 0.3) is 5.91 Å². The summed E-state index contributed by atoms with van der Waals surface area (Å²) in [5.41, 5.74) is 0.0270. The van der Waals surface area contributed by atoms with E-state index in [0.717, 1.165) is 0 Å². The fourth-order valence-electron chi connectivity index (χ4n) is 1.74. The molecule has 1 N–H and O–H groups in total. The lowest BCUT2D eigenvalue weighted by molar-refractivity contribution is -0.149.